The van der Waals surface area contributed by atoms with Gasteiger partial charge in [-0.25, -0.2) is 0 Å². The number of rotatable bonds is 7. The van der Waals surface area contributed by atoms with Gasteiger partial charge in [0.1, 0.15) is 17.5 Å². The third-order valence-electron chi connectivity index (χ3n) is 3.38. The van der Waals surface area contributed by atoms with E-state index in [1.807, 2.05) is 0 Å². The molecule has 0 aliphatic carbocycles. The molecule has 2 rings (SSSR count). The molecule has 1 aromatic heterocycles. The molecule has 8 heteroatoms. The number of nitro groups is 1. The van der Waals surface area contributed by atoms with Crippen molar-refractivity contribution in [2.45, 2.75) is 26.4 Å². The monoisotopic (exact) mass is 331 g/mol. The number of Topliss-reactive ketones (excluding diaryl/α,β-unsaturated/α-hetero) is 1. The van der Waals surface area contributed by atoms with Gasteiger partial charge in [-0.15, -0.1) is 0 Å². The second-order valence-electron chi connectivity index (χ2n) is 5.21. The maximum atomic E-state index is 12.1. The Bertz CT molecular complexity index is 755. The molecule has 0 aliphatic rings. The van der Waals surface area contributed by atoms with Crippen molar-refractivity contribution in [3.8, 4) is 0 Å². The topological polar surface area (TPSA) is 114 Å². The summed E-state index contributed by atoms with van der Waals surface area (Å²) in [6.07, 6.45) is 1.50. The van der Waals surface area contributed by atoms with E-state index in [1.165, 1.54) is 31.4 Å². The Hall–Kier alpha value is -3.16. The number of anilines is 1. The van der Waals surface area contributed by atoms with Gasteiger partial charge in [0, 0.05) is 11.6 Å². The molecule has 0 spiro atoms. The van der Waals surface area contributed by atoms with Gasteiger partial charge in [0.15, 0.2) is 5.78 Å². The van der Waals surface area contributed by atoms with Crippen LogP contribution in [-0.4, -0.2) is 22.7 Å². The van der Waals surface area contributed by atoms with Gasteiger partial charge in [0.25, 0.3) is 5.69 Å². The van der Waals surface area contributed by atoms with E-state index >= 15 is 0 Å². The molecule has 0 radical (unpaired) electrons. The molecule has 0 saturated heterocycles. The average Bonchev–Trinajstić information content (AvgIpc) is 3.05. The van der Waals surface area contributed by atoms with Crippen molar-refractivity contribution in [1.29, 1.82) is 0 Å². The van der Waals surface area contributed by atoms with Crippen molar-refractivity contribution < 1.29 is 18.9 Å². The van der Waals surface area contributed by atoms with Gasteiger partial charge in [-0.3, -0.25) is 19.7 Å². The standard InChI is InChI=1S/C16H17N3O5/c1-10(16(21)17-9-13-4-3-7-24-13)18-14-6-5-12(11(2)20)8-15(14)19(22)23/h3-8,10,18H,9H2,1-2H3,(H,17,21). The van der Waals surface area contributed by atoms with Gasteiger partial charge in [0.2, 0.25) is 5.91 Å². The van der Waals surface area contributed by atoms with Crippen LogP contribution < -0.4 is 10.6 Å². The Morgan fingerprint density at radius 1 is 1.33 bits per heavy atom. The zero-order valence-corrected chi connectivity index (χ0v) is 13.2. The third kappa shape index (κ3) is 4.19. The first-order valence-electron chi connectivity index (χ1n) is 7.24. The highest BCUT2D eigenvalue weighted by atomic mass is 16.6. The van der Waals surface area contributed by atoms with Crippen LogP contribution in [0.25, 0.3) is 0 Å². The van der Waals surface area contributed by atoms with Crippen LogP contribution in [0.5, 0.6) is 0 Å². The van der Waals surface area contributed by atoms with Crippen molar-refractivity contribution in [3.05, 3.63) is 58.0 Å². The fourth-order valence-corrected chi connectivity index (χ4v) is 2.06. The van der Waals surface area contributed by atoms with E-state index in [0.717, 1.165) is 0 Å². The lowest BCUT2D eigenvalue weighted by Crippen LogP contribution is -2.37. The van der Waals surface area contributed by atoms with E-state index in [0.29, 0.717) is 5.76 Å². The first-order valence-corrected chi connectivity index (χ1v) is 7.24. The zero-order valence-electron chi connectivity index (χ0n) is 13.2. The van der Waals surface area contributed by atoms with Crippen molar-refractivity contribution in [2.75, 3.05) is 5.32 Å². The van der Waals surface area contributed by atoms with Crippen LogP contribution in [0, 0.1) is 10.1 Å². The number of hydrogen-bond acceptors (Lipinski definition) is 6. The smallest absolute Gasteiger partial charge is 0.293 e. The lowest BCUT2D eigenvalue weighted by Gasteiger charge is -2.15. The summed E-state index contributed by atoms with van der Waals surface area (Å²) in [5, 5.41) is 16.6. The average molecular weight is 331 g/mol. The number of carbonyl (C=O) groups is 2. The molecule has 1 aromatic carbocycles. The van der Waals surface area contributed by atoms with Crippen LogP contribution in [-0.2, 0) is 11.3 Å². The first-order chi connectivity index (χ1) is 11.4. The predicted octanol–water partition coefficient (Wildman–Crippen LogP) is 2.51. The Kier molecular flexibility index (Phi) is 5.31. The maximum absolute atomic E-state index is 12.1. The summed E-state index contributed by atoms with van der Waals surface area (Å²) in [5.74, 6) is -0.00225. The summed E-state index contributed by atoms with van der Waals surface area (Å²) in [4.78, 5) is 34.0. The summed E-state index contributed by atoms with van der Waals surface area (Å²) in [6.45, 7) is 3.14. The number of nitrogens with zero attached hydrogens (tertiary/aromatic N) is 1. The van der Waals surface area contributed by atoms with Crippen LogP contribution in [0.15, 0.2) is 41.0 Å². The molecule has 0 fully saturated rings. The van der Waals surface area contributed by atoms with Crippen molar-refractivity contribution in [2.24, 2.45) is 0 Å². The maximum Gasteiger partial charge on any atom is 0.293 e. The van der Waals surface area contributed by atoms with Gasteiger partial charge in [-0.05, 0) is 38.1 Å². The van der Waals surface area contributed by atoms with E-state index in [9.17, 15) is 19.7 Å². The minimum absolute atomic E-state index is 0.172. The Morgan fingerprint density at radius 3 is 2.67 bits per heavy atom. The van der Waals surface area contributed by atoms with E-state index < -0.39 is 11.0 Å². The molecule has 1 unspecified atom stereocenters. The number of benzene rings is 1. The second-order valence-corrected chi connectivity index (χ2v) is 5.21. The van der Waals surface area contributed by atoms with Crippen LogP contribution in [0.2, 0.25) is 0 Å². The van der Waals surface area contributed by atoms with Crippen molar-refractivity contribution in [3.63, 3.8) is 0 Å². The third-order valence-corrected chi connectivity index (χ3v) is 3.38. The highest BCUT2D eigenvalue weighted by Crippen LogP contribution is 2.26. The molecule has 0 aliphatic heterocycles. The lowest BCUT2D eigenvalue weighted by molar-refractivity contribution is -0.384. The molecule has 126 valence electrons. The quantitative estimate of drug-likeness (QED) is 0.458. The van der Waals surface area contributed by atoms with E-state index in [-0.39, 0.29) is 35.2 Å². The minimum Gasteiger partial charge on any atom is -0.467 e. The number of nitro benzene ring substituents is 1. The SMILES string of the molecule is CC(=O)c1ccc(NC(C)C(=O)NCc2ccco2)c([N+](=O)[O-])c1. The second kappa shape index (κ2) is 7.40. The highest BCUT2D eigenvalue weighted by molar-refractivity contribution is 5.95. The summed E-state index contributed by atoms with van der Waals surface area (Å²) < 4.78 is 5.11. The minimum atomic E-state index is -0.707. The number of nitrogens with one attached hydrogen (secondary N) is 2. The molecular formula is C16H17N3O5. The Labute approximate surface area is 138 Å². The summed E-state index contributed by atoms with van der Waals surface area (Å²) >= 11 is 0. The predicted molar refractivity (Wildman–Crippen MR) is 86.7 cm³/mol. The molecule has 0 saturated carbocycles. The molecule has 1 atom stereocenters. The molecule has 8 nitrogen and oxygen atoms in total. The van der Waals surface area contributed by atoms with Gasteiger partial charge in [-0.2, -0.15) is 0 Å². The van der Waals surface area contributed by atoms with Crippen LogP contribution in [0.1, 0.15) is 30.0 Å². The summed E-state index contributed by atoms with van der Waals surface area (Å²) in [5.41, 5.74) is 0.154. The van der Waals surface area contributed by atoms with Crippen molar-refractivity contribution >= 4 is 23.1 Å². The number of ketones is 1. The lowest BCUT2D eigenvalue weighted by atomic mass is 10.1. The molecule has 24 heavy (non-hydrogen) atoms. The molecular weight excluding hydrogens is 314 g/mol. The van der Waals surface area contributed by atoms with Gasteiger partial charge < -0.3 is 15.1 Å². The first kappa shape index (κ1) is 17.2. The molecule has 0 bridgehead atoms. The Balaban J connectivity index is 2.07. The van der Waals surface area contributed by atoms with Gasteiger partial charge in [-0.1, -0.05) is 0 Å². The highest BCUT2D eigenvalue weighted by Gasteiger charge is 2.20. The molecule has 2 N–H and O–H groups in total. The summed E-state index contributed by atoms with van der Waals surface area (Å²) in [7, 11) is 0. The summed E-state index contributed by atoms with van der Waals surface area (Å²) in [6, 6.07) is 6.82. The van der Waals surface area contributed by atoms with E-state index in [2.05, 4.69) is 10.6 Å². The van der Waals surface area contributed by atoms with Crippen molar-refractivity contribution in [1.82, 2.24) is 5.32 Å². The molecule has 1 heterocycles. The number of carbonyl (C=O) groups excluding carboxylic acids is 2. The van der Waals surface area contributed by atoms with Gasteiger partial charge in [0.05, 0.1) is 17.7 Å². The van der Waals surface area contributed by atoms with E-state index in [1.54, 1.807) is 19.1 Å². The molecule has 1 amide bonds. The zero-order chi connectivity index (χ0) is 17.7. The number of furan rings is 1. The largest absolute Gasteiger partial charge is 0.467 e. The van der Waals surface area contributed by atoms with Crippen LogP contribution >= 0.6 is 0 Å². The van der Waals surface area contributed by atoms with E-state index in [4.69, 9.17) is 4.42 Å². The normalized spacial score (nSPS) is 11.6. The number of amides is 1. The fraction of sp³-hybridized carbons (Fsp3) is 0.250. The Morgan fingerprint density at radius 2 is 2.08 bits per heavy atom. The van der Waals surface area contributed by atoms with Crippen LogP contribution in [0.3, 0.4) is 0 Å². The van der Waals surface area contributed by atoms with Gasteiger partial charge >= 0.3 is 0 Å². The number of hydrogen-bond donors (Lipinski definition) is 2. The molecule has 2 aromatic rings. The fourth-order valence-electron chi connectivity index (χ4n) is 2.06. The van der Waals surface area contributed by atoms with Crippen LogP contribution in [0.4, 0.5) is 11.4 Å².